The molecule has 2 nitrogen and oxygen atoms in total. The smallest absolute Gasteiger partial charge is 0.192 e. The number of rotatable bonds is 6. The Kier molecular flexibility index (Phi) is 5.46. The minimum absolute atomic E-state index is 0.164. The lowest BCUT2D eigenvalue weighted by Crippen LogP contribution is -2.41. The van der Waals surface area contributed by atoms with Crippen molar-refractivity contribution in [3.63, 3.8) is 0 Å². The maximum absolute atomic E-state index is 10.4. The maximum Gasteiger partial charge on any atom is 0.192 e. The van der Waals surface area contributed by atoms with Crippen LogP contribution in [0.5, 0.6) is 0 Å². The van der Waals surface area contributed by atoms with Crippen molar-refractivity contribution in [1.82, 2.24) is 0 Å². The molecule has 0 rings (SSSR count). The molecule has 0 saturated heterocycles. The Bertz CT molecular complexity index is 216. The van der Waals surface area contributed by atoms with Crippen molar-refractivity contribution in [2.45, 2.75) is 45.3 Å². The third kappa shape index (κ3) is 4.75. The van der Waals surface area contributed by atoms with Crippen molar-refractivity contribution in [3.05, 3.63) is 12.7 Å². The first-order valence-corrected chi connectivity index (χ1v) is 8.35. The molecule has 1 unspecified atom stereocenters. The van der Waals surface area contributed by atoms with E-state index in [1.165, 1.54) is 0 Å². The monoisotopic (exact) mass is 228 g/mol. The largest absolute Gasteiger partial charge is 0.416 e. The number of carbonyl (C=O) groups is 1. The maximum atomic E-state index is 10.4. The summed E-state index contributed by atoms with van der Waals surface area (Å²) in [5.41, 5.74) is 0. The Morgan fingerprint density at radius 1 is 1.40 bits per heavy atom. The van der Waals surface area contributed by atoms with Crippen LogP contribution in [0.2, 0.25) is 18.1 Å². The highest BCUT2D eigenvalue weighted by Gasteiger charge is 2.37. The van der Waals surface area contributed by atoms with Gasteiger partial charge in [0.05, 0.1) is 0 Å². The first-order chi connectivity index (χ1) is 6.74. The van der Waals surface area contributed by atoms with Crippen LogP contribution in [0.25, 0.3) is 0 Å². The summed E-state index contributed by atoms with van der Waals surface area (Å²) < 4.78 is 6.01. The molecule has 0 aromatic heterocycles. The minimum atomic E-state index is -1.68. The lowest BCUT2D eigenvalue weighted by atomic mass is 10.1. The van der Waals surface area contributed by atoms with Crippen LogP contribution in [-0.2, 0) is 9.22 Å². The standard InChI is InChI=1S/C12H24O2Si/c1-7-11(8-9-13)10-14-15(5,6)12(2,3)4/h7,9,11H,1,8,10H2,2-6H3. The van der Waals surface area contributed by atoms with Crippen molar-refractivity contribution in [3.8, 4) is 0 Å². The van der Waals surface area contributed by atoms with Crippen LogP contribution >= 0.6 is 0 Å². The van der Waals surface area contributed by atoms with Gasteiger partial charge in [0, 0.05) is 18.9 Å². The Morgan fingerprint density at radius 2 is 1.93 bits per heavy atom. The molecule has 0 aromatic carbocycles. The molecule has 0 aliphatic heterocycles. The summed E-state index contributed by atoms with van der Waals surface area (Å²) in [6.45, 7) is 15.4. The molecular formula is C12H24O2Si. The van der Waals surface area contributed by atoms with Crippen LogP contribution in [0, 0.1) is 5.92 Å². The lowest BCUT2D eigenvalue weighted by Gasteiger charge is -2.36. The van der Waals surface area contributed by atoms with Crippen molar-refractivity contribution in [2.24, 2.45) is 5.92 Å². The Labute approximate surface area is 94.8 Å². The van der Waals surface area contributed by atoms with Crippen molar-refractivity contribution >= 4 is 14.6 Å². The van der Waals surface area contributed by atoms with Crippen LogP contribution in [0.3, 0.4) is 0 Å². The summed E-state index contributed by atoms with van der Waals surface area (Å²) in [7, 11) is -1.68. The number of carbonyl (C=O) groups excluding carboxylic acids is 1. The number of hydrogen-bond acceptors (Lipinski definition) is 2. The first kappa shape index (κ1) is 14.6. The normalized spacial score (nSPS) is 14.7. The average Bonchev–Trinajstić information content (AvgIpc) is 2.10. The van der Waals surface area contributed by atoms with Gasteiger partial charge in [-0.15, -0.1) is 6.58 Å². The third-order valence-corrected chi connectivity index (χ3v) is 7.70. The fourth-order valence-electron chi connectivity index (χ4n) is 0.888. The average molecular weight is 228 g/mol. The predicted octanol–water partition coefficient (Wildman–Crippen LogP) is 3.40. The van der Waals surface area contributed by atoms with Gasteiger partial charge >= 0.3 is 0 Å². The quantitative estimate of drug-likeness (QED) is 0.396. The topological polar surface area (TPSA) is 26.3 Å². The van der Waals surface area contributed by atoms with Crippen LogP contribution in [0.4, 0.5) is 0 Å². The highest BCUT2D eigenvalue weighted by molar-refractivity contribution is 6.74. The van der Waals surface area contributed by atoms with Gasteiger partial charge < -0.3 is 9.22 Å². The Balaban J connectivity index is 4.24. The SMILES string of the molecule is C=CC(CC=O)CO[Si](C)(C)C(C)(C)C. The fourth-order valence-corrected chi connectivity index (χ4v) is 1.95. The zero-order chi connectivity index (χ0) is 12.1. The zero-order valence-electron chi connectivity index (χ0n) is 10.7. The third-order valence-electron chi connectivity index (χ3n) is 3.20. The molecule has 0 aromatic rings. The van der Waals surface area contributed by atoms with E-state index < -0.39 is 8.32 Å². The molecule has 3 heteroatoms. The van der Waals surface area contributed by atoms with Gasteiger partial charge in [0.25, 0.3) is 0 Å². The summed E-state index contributed by atoms with van der Waals surface area (Å²) >= 11 is 0. The van der Waals surface area contributed by atoms with Gasteiger partial charge in [-0.2, -0.15) is 0 Å². The second-order valence-electron chi connectivity index (χ2n) is 5.47. The second kappa shape index (κ2) is 5.61. The van der Waals surface area contributed by atoms with Gasteiger partial charge in [-0.05, 0) is 18.1 Å². The van der Waals surface area contributed by atoms with E-state index in [9.17, 15) is 4.79 Å². The molecule has 0 radical (unpaired) electrons. The van der Waals surface area contributed by atoms with E-state index in [0.29, 0.717) is 13.0 Å². The predicted molar refractivity (Wildman–Crippen MR) is 67.5 cm³/mol. The van der Waals surface area contributed by atoms with Gasteiger partial charge in [0.15, 0.2) is 8.32 Å². The van der Waals surface area contributed by atoms with Crippen LogP contribution in [0.15, 0.2) is 12.7 Å². The number of aldehydes is 1. The molecule has 0 aliphatic rings. The van der Waals surface area contributed by atoms with E-state index in [1.807, 2.05) is 6.08 Å². The van der Waals surface area contributed by atoms with Gasteiger partial charge in [-0.3, -0.25) is 0 Å². The molecule has 0 N–H and O–H groups in total. The van der Waals surface area contributed by atoms with Crippen molar-refractivity contribution in [1.29, 1.82) is 0 Å². The Morgan fingerprint density at radius 3 is 2.27 bits per heavy atom. The molecule has 0 spiro atoms. The van der Waals surface area contributed by atoms with E-state index in [1.54, 1.807) is 0 Å². The van der Waals surface area contributed by atoms with Crippen molar-refractivity contribution in [2.75, 3.05) is 6.61 Å². The van der Waals surface area contributed by atoms with Gasteiger partial charge in [-0.1, -0.05) is 26.8 Å². The van der Waals surface area contributed by atoms with Crippen molar-refractivity contribution < 1.29 is 9.22 Å². The van der Waals surface area contributed by atoms with Gasteiger partial charge in [0.1, 0.15) is 6.29 Å². The molecular weight excluding hydrogens is 204 g/mol. The van der Waals surface area contributed by atoms with E-state index in [2.05, 4.69) is 40.4 Å². The molecule has 0 bridgehead atoms. The molecule has 1 atom stereocenters. The highest BCUT2D eigenvalue weighted by Crippen LogP contribution is 2.36. The summed E-state index contributed by atoms with van der Waals surface area (Å²) in [4.78, 5) is 10.4. The molecule has 15 heavy (non-hydrogen) atoms. The van der Waals surface area contributed by atoms with Gasteiger partial charge in [-0.25, -0.2) is 0 Å². The van der Waals surface area contributed by atoms with Gasteiger partial charge in [0.2, 0.25) is 0 Å². The first-order valence-electron chi connectivity index (χ1n) is 5.44. The Hall–Kier alpha value is -0.413. The van der Waals surface area contributed by atoms with E-state index in [-0.39, 0.29) is 11.0 Å². The highest BCUT2D eigenvalue weighted by atomic mass is 28.4. The molecule has 0 amide bonds. The summed E-state index contributed by atoms with van der Waals surface area (Å²) in [5.74, 6) is 0.164. The van der Waals surface area contributed by atoms with E-state index in [0.717, 1.165) is 6.29 Å². The van der Waals surface area contributed by atoms with Crippen LogP contribution in [0.1, 0.15) is 27.2 Å². The molecule has 0 fully saturated rings. The minimum Gasteiger partial charge on any atom is -0.416 e. The molecule has 0 heterocycles. The zero-order valence-corrected chi connectivity index (χ0v) is 11.7. The second-order valence-corrected chi connectivity index (χ2v) is 10.3. The fraction of sp³-hybridized carbons (Fsp3) is 0.750. The summed E-state index contributed by atoms with van der Waals surface area (Å²) in [5, 5.41) is 0.222. The lowest BCUT2D eigenvalue weighted by molar-refractivity contribution is -0.108. The molecule has 0 aliphatic carbocycles. The summed E-state index contributed by atoms with van der Waals surface area (Å²) in [6, 6.07) is 0. The molecule has 0 saturated carbocycles. The van der Waals surface area contributed by atoms with Crippen LogP contribution in [-0.4, -0.2) is 21.2 Å². The van der Waals surface area contributed by atoms with Crippen LogP contribution < -0.4 is 0 Å². The van der Waals surface area contributed by atoms with E-state index >= 15 is 0 Å². The molecule has 88 valence electrons. The number of hydrogen-bond donors (Lipinski definition) is 0. The van der Waals surface area contributed by atoms with E-state index in [4.69, 9.17) is 4.43 Å². The summed E-state index contributed by atoms with van der Waals surface area (Å²) in [6.07, 6.45) is 3.25.